The Labute approximate surface area is 114 Å². The molecule has 1 aromatic rings. The molecule has 1 aliphatic carbocycles. The average molecular weight is 256 g/mol. The zero-order valence-electron chi connectivity index (χ0n) is 11.6. The lowest BCUT2D eigenvalue weighted by molar-refractivity contribution is -0.131. The van der Waals surface area contributed by atoms with Crippen LogP contribution >= 0.6 is 0 Å². The number of hydrogen-bond acceptors (Lipinski definition) is 2. The van der Waals surface area contributed by atoms with Crippen LogP contribution in [0.2, 0.25) is 0 Å². The van der Waals surface area contributed by atoms with Gasteiger partial charge in [-0.3, -0.25) is 4.79 Å². The van der Waals surface area contributed by atoms with Crippen LogP contribution in [-0.2, 0) is 11.2 Å². The molecule has 100 valence electrons. The summed E-state index contributed by atoms with van der Waals surface area (Å²) < 4.78 is 0. The highest BCUT2D eigenvalue weighted by Crippen LogP contribution is 2.40. The van der Waals surface area contributed by atoms with Crippen molar-refractivity contribution in [3.63, 3.8) is 0 Å². The Morgan fingerprint density at radius 2 is 2.11 bits per heavy atom. The van der Waals surface area contributed by atoms with Crippen molar-refractivity contribution in [2.45, 2.75) is 39.5 Å². The van der Waals surface area contributed by atoms with E-state index in [-0.39, 0.29) is 5.91 Å². The first-order valence-electron chi connectivity index (χ1n) is 6.83. The number of nitrogens with one attached hydrogen (secondary N) is 1. The molecule has 0 radical (unpaired) electrons. The van der Waals surface area contributed by atoms with E-state index in [1.54, 1.807) is 0 Å². The highest BCUT2D eigenvalue weighted by atomic mass is 16.2. The second kappa shape index (κ2) is 5.44. The number of carbonyl (C=O) groups excluding carboxylic acids is 1. The Hall–Kier alpha value is -1.82. The highest BCUT2D eigenvalue weighted by Gasteiger charge is 2.44. The van der Waals surface area contributed by atoms with E-state index in [2.05, 4.69) is 43.4 Å². The highest BCUT2D eigenvalue weighted by molar-refractivity contribution is 5.86. The number of aryl methyl sites for hydroxylation is 2. The topological polar surface area (TPSA) is 52.9 Å². The molecule has 1 N–H and O–H groups in total. The molecule has 1 amide bonds. The summed E-state index contributed by atoms with van der Waals surface area (Å²) in [5.41, 5.74) is 3.05. The van der Waals surface area contributed by atoms with Crippen molar-refractivity contribution in [3.05, 3.63) is 34.9 Å². The second-order valence-corrected chi connectivity index (χ2v) is 5.47. The molecule has 2 rings (SSSR count). The van der Waals surface area contributed by atoms with Crippen LogP contribution in [0.1, 0.15) is 36.0 Å². The SMILES string of the molecule is Cc1ccc(CCNC(=O)C2(C#N)CCC2)cc1C. The molecule has 1 saturated carbocycles. The Bertz CT molecular complexity index is 524. The molecule has 0 bridgehead atoms. The quantitative estimate of drug-likeness (QED) is 0.900. The van der Waals surface area contributed by atoms with Crippen LogP contribution in [0.4, 0.5) is 0 Å². The maximum atomic E-state index is 12.0. The van der Waals surface area contributed by atoms with Gasteiger partial charge in [-0.2, -0.15) is 5.26 Å². The van der Waals surface area contributed by atoms with Crippen LogP contribution in [0.25, 0.3) is 0 Å². The maximum absolute atomic E-state index is 12.0. The van der Waals surface area contributed by atoms with Crippen LogP contribution in [0.5, 0.6) is 0 Å². The molecule has 3 nitrogen and oxygen atoms in total. The molecule has 3 heteroatoms. The third kappa shape index (κ3) is 2.78. The zero-order valence-corrected chi connectivity index (χ0v) is 11.6. The predicted molar refractivity (Wildman–Crippen MR) is 74.5 cm³/mol. The third-order valence-corrected chi connectivity index (χ3v) is 4.13. The summed E-state index contributed by atoms with van der Waals surface area (Å²) in [7, 11) is 0. The molecule has 0 spiro atoms. The van der Waals surface area contributed by atoms with Crippen molar-refractivity contribution in [2.24, 2.45) is 5.41 Å². The van der Waals surface area contributed by atoms with Gasteiger partial charge in [0.15, 0.2) is 0 Å². The molecule has 0 aliphatic heterocycles. The fourth-order valence-corrected chi connectivity index (χ4v) is 2.37. The number of rotatable bonds is 4. The van der Waals surface area contributed by atoms with Crippen molar-refractivity contribution >= 4 is 5.91 Å². The minimum absolute atomic E-state index is 0.0925. The monoisotopic (exact) mass is 256 g/mol. The van der Waals surface area contributed by atoms with E-state index in [0.29, 0.717) is 19.4 Å². The van der Waals surface area contributed by atoms with Crippen molar-refractivity contribution in [2.75, 3.05) is 6.54 Å². The first kappa shape index (κ1) is 13.6. The van der Waals surface area contributed by atoms with E-state index in [4.69, 9.17) is 5.26 Å². The summed E-state index contributed by atoms with van der Waals surface area (Å²) in [6, 6.07) is 8.53. The molecule has 0 unspecified atom stereocenters. The van der Waals surface area contributed by atoms with E-state index in [1.165, 1.54) is 16.7 Å². The normalized spacial score (nSPS) is 16.3. The Morgan fingerprint density at radius 1 is 1.37 bits per heavy atom. The van der Waals surface area contributed by atoms with Gasteiger partial charge < -0.3 is 5.32 Å². The number of nitrogens with zero attached hydrogens (tertiary/aromatic N) is 1. The molecule has 0 atom stereocenters. The van der Waals surface area contributed by atoms with Gasteiger partial charge >= 0.3 is 0 Å². The van der Waals surface area contributed by atoms with Crippen LogP contribution in [0.3, 0.4) is 0 Å². The zero-order chi connectivity index (χ0) is 13.9. The van der Waals surface area contributed by atoms with E-state index >= 15 is 0 Å². The lowest BCUT2D eigenvalue weighted by Gasteiger charge is -2.33. The van der Waals surface area contributed by atoms with Crippen molar-refractivity contribution < 1.29 is 4.79 Å². The third-order valence-electron chi connectivity index (χ3n) is 4.13. The van der Waals surface area contributed by atoms with Crippen LogP contribution < -0.4 is 5.32 Å². The fraction of sp³-hybridized carbons (Fsp3) is 0.500. The number of carbonyl (C=O) groups is 1. The summed E-state index contributed by atoms with van der Waals surface area (Å²) in [6.07, 6.45) is 3.21. The number of amides is 1. The van der Waals surface area contributed by atoms with Crippen LogP contribution in [0.15, 0.2) is 18.2 Å². The van der Waals surface area contributed by atoms with Crippen molar-refractivity contribution in [1.82, 2.24) is 5.32 Å². The predicted octanol–water partition coefficient (Wildman–Crippen LogP) is 2.66. The molecule has 0 saturated heterocycles. The van der Waals surface area contributed by atoms with Crippen LogP contribution in [0, 0.1) is 30.6 Å². The molecular weight excluding hydrogens is 236 g/mol. The van der Waals surface area contributed by atoms with E-state index in [1.807, 2.05) is 0 Å². The van der Waals surface area contributed by atoms with E-state index < -0.39 is 5.41 Å². The van der Waals surface area contributed by atoms with Gasteiger partial charge in [0.25, 0.3) is 0 Å². The summed E-state index contributed by atoms with van der Waals surface area (Å²) in [5.74, 6) is -0.0925. The Morgan fingerprint density at radius 3 is 2.63 bits per heavy atom. The van der Waals surface area contributed by atoms with Gasteiger partial charge in [-0.15, -0.1) is 0 Å². The van der Waals surface area contributed by atoms with E-state index in [0.717, 1.165) is 12.8 Å². The minimum Gasteiger partial charge on any atom is -0.354 e. The lowest BCUT2D eigenvalue weighted by Crippen LogP contribution is -2.45. The Balaban J connectivity index is 1.85. The van der Waals surface area contributed by atoms with Crippen LogP contribution in [-0.4, -0.2) is 12.5 Å². The average Bonchev–Trinajstić information content (AvgIpc) is 2.33. The fourth-order valence-electron chi connectivity index (χ4n) is 2.37. The molecule has 0 heterocycles. The number of benzene rings is 1. The number of hydrogen-bond donors (Lipinski definition) is 1. The van der Waals surface area contributed by atoms with Gasteiger partial charge in [-0.25, -0.2) is 0 Å². The van der Waals surface area contributed by atoms with Gasteiger partial charge in [0.1, 0.15) is 5.41 Å². The maximum Gasteiger partial charge on any atom is 0.240 e. The molecule has 0 aromatic heterocycles. The molecule has 1 fully saturated rings. The van der Waals surface area contributed by atoms with Gasteiger partial charge in [0, 0.05) is 6.54 Å². The lowest BCUT2D eigenvalue weighted by atomic mass is 9.69. The molecule has 19 heavy (non-hydrogen) atoms. The van der Waals surface area contributed by atoms with Gasteiger partial charge in [0.2, 0.25) is 5.91 Å². The van der Waals surface area contributed by atoms with E-state index in [9.17, 15) is 4.79 Å². The second-order valence-electron chi connectivity index (χ2n) is 5.47. The smallest absolute Gasteiger partial charge is 0.240 e. The van der Waals surface area contributed by atoms with Gasteiger partial charge in [-0.05, 0) is 56.2 Å². The molecule has 1 aromatic carbocycles. The first-order chi connectivity index (χ1) is 9.07. The van der Waals surface area contributed by atoms with Gasteiger partial charge in [-0.1, -0.05) is 18.2 Å². The molecular formula is C16H20N2O. The minimum atomic E-state index is -0.733. The standard InChI is InChI=1S/C16H20N2O/c1-12-4-5-14(10-13(12)2)6-9-18-15(19)16(11-17)7-3-8-16/h4-5,10H,3,6-9H2,1-2H3,(H,18,19). The first-order valence-corrected chi connectivity index (χ1v) is 6.83. The summed E-state index contributed by atoms with van der Waals surface area (Å²) in [6.45, 7) is 4.79. The summed E-state index contributed by atoms with van der Waals surface area (Å²) in [4.78, 5) is 12.0. The van der Waals surface area contributed by atoms with Crippen molar-refractivity contribution in [1.29, 1.82) is 5.26 Å². The Kier molecular flexibility index (Phi) is 3.90. The largest absolute Gasteiger partial charge is 0.354 e. The van der Waals surface area contributed by atoms with Gasteiger partial charge in [0.05, 0.1) is 6.07 Å². The number of nitriles is 1. The summed E-state index contributed by atoms with van der Waals surface area (Å²) >= 11 is 0. The molecule has 1 aliphatic rings. The van der Waals surface area contributed by atoms with Crippen molar-refractivity contribution in [3.8, 4) is 6.07 Å². The summed E-state index contributed by atoms with van der Waals surface area (Å²) in [5, 5.41) is 12.0.